The number of phenols is 1. The Hall–Kier alpha value is -3.00. The van der Waals surface area contributed by atoms with E-state index in [9.17, 15) is 55.6 Å². The van der Waals surface area contributed by atoms with Crippen molar-refractivity contribution in [3.05, 3.63) is 51.6 Å². The van der Waals surface area contributed by atoms with Gasteiger partial charge >= 0.3 is 38.7 Å². The predicted molar refractivity (Wildman–Crippen MR) is 224 cm³/mol. The van der Waals surface area contributed by atoms with E-state index < -0.39 is 105 Å². The number of carboxylic acids is 1. The Kier molecular flexibility index (Phi) is 13.2. The summed E-state index contributed by atoms with van der Waals surface area (Å²) >= 11 is 1.94. The van der Waals surface area contributed by atoms with Crippen LogP contribution >= 0.6 is 22.6 Å². The van der Waals surface area contributed by atoms with Gasteiger partial charge in [-0.05, 0) is 131 Å². The first-order valence-corrected chi connectivity index (χ1v) is 24.2. The number of hydrogen-bond donors (Lipinski definition) is 5. The van der Waals surface area contributed by atoms with Gasteiger partial charge in [0.05, 0.1) is 27.3 Å². The fourth-order valence-corrected chi connectivity index (χ4v) is 13.1. The first kappa shape index (κ1) is 47.0. The summed E-state index contributed by atoms with van der Waals surface area (Å²) in [6, 6.07) is 7.43. The Balaban J connectivity index is 1.24. The molecule has 21 heteroatoms. The van der Waals surface area contributed by atoms with Gasteiger partial charge in [-0.2, -0.15) is 16.8 Å². The van der Waals surface area contributed by atoms with Crippen molar-refractivity contribution in [2.45, 2.75) is 115 Å². The first-order chi connectivity index (χ1) is 28.9. The molecule has 0 amide bonds. The minimum Gasteiger partial charge on any atom is -0.507 e. The molecule has 342 valence electrons. The Bertz CT molecular complexity index is 2340. The van der Waals surface area contributed by atoms with Crippen LogP contribution < -0.4 is 0 Å². The molecule has 5 fully saturated rings. The van der Waals surface area contributed by atoms with E-state index in [4.69, 9.17) is 27.3 Å². The van der Waals surface area contributed by atoms with Crippen molar-refractivity contribution < 1.29 is 83.0 Å². The lowest BCUT2D eigenvalue weighted by Gasteiger charge is -2.62. The summed E-state index contributed by atoms with van der Waals surface area (Å²) in [5.74, 6) is -4.57. The van der Waals surface area contributed by atoms with Crippen LogP contribution in [0.1, 0.15) is 82.5 Å². The Morgan fingerprint density at radius 3 is 2.34 bits per heavy atom. The van der Waals surface area contributed by atoms with Crippen LogP contribution in [0.4, 0.5) is 0 Å². The summed E-state index contributed by atoms with van der Waals surface area (Å²) in [4.78, 5) is 39.9. The number of aliphatic hydroxyl groups excluding tert-OH is 1. The zero-order valence-corrected chi connectivity index (χ0v) is 37.9. The average Bonchev–Trinajstić information content (AvgIpc) is 3.34. The van der Waals surface area contributed by atoms with Crippen LogP contribution in [-0.4, -0.2) is 109 Å². The van der Waals surface area contributed by atoms with Crippen molar-refractivity contribution >= 4 is 72.1 Å². The number of rotatable bonds is 13. The molecule has 0 aromatic heterocycles. The van der Waals surface area contributed by atoms with Crippen molar-refractivity contribution in [1.82, 2.24) is 0 Å². The van der Waals surface area contributed by atoms with Crippen molar-refractivity contribution in [3.63, 3.8) is 0 Å². The number of halogens is 1. The number of aromatic hydroxyl groups is 1. The molecule has 18 nitrogen and oxygen atoms in total. The van der Waals surface area contributed by atoms with E-state index in [-0.39, 0.29) is 54.2 Å². The van der Waals surface area contributed by atoms with Crippen LogP contribution in [0.3, 0.4) is 0 Å². The number of aliphatic hydroxyl groups is 1. The van der Waals surface area contributed by atoms with E-state index in [0.29, 0.717) is 33.6 Å². The number of carbonyl (C=O) groups excluding carboxylic acids is 2. The Morgan fingerprint density at radius 2 is 1.68 bits per heavy atom. The normalized spacial score (nSPS) is 35.9. The van der Waals surface area contributed by atoms with Gasteiger partial charge < -0.3 is 34.3 Å². The van der Waals surface area contributed by atoms with Gasteiger partial charge in [0.1, 0.15) is 24.6 Å². The number of benzene rings is 2. The number of fused-ring (bicyclic) bond motifs is 4. The monoisotopic (exact) mass is 1020 g/mol. The summed E-state index contributed by atoms with van der Waals surface area (Å²) in [7, 11) is -11.1. The standard InChI is InChI=1S/C41H51IO18S2/c1-19(2)13-31(44)58-35-34(60-62(52,53)54)33(59-61(49,50)51)29(18-55-38(48)22-5-8-25-21(14-22)6-9-28(43)32(25)42)57-39(35)56-24-15-26(37(46)47)27-11-12-41-16-23(20(3)36(41)45)7-10-30(41)40(27,4)17-24/h5-6,8-9,14,19,23-24,26-27,29-30,33-36,39,43,45H,3,7,10-13,15-18H2,1-2,4H3,(H,46,47)(H,49,50,51)(H,52,53,54)/t23-,24-,26-,27-,29-,30+,33-,34+,35-,36-,39-,40-,41-/m1/s1. The lowest BCUT2D eigenvalue weighted by molar-refractivity contribution is -0.315. The highest BCUT2D eigenvalue weighted by molar-refractivity contribution is 14.1. The molecular weight excluding hydrogens is 971 g/mol. The first-order valence-electron chi connectivity index (χ1n) is 20.4. The van der Waals surface area contributed by atoms with E-state index in [1.807, 2.05) is 29.5 Å². The number of phenolic OH excluding ortho intramolecular Hbond substituents is 1. The van der Waals surface area contributed by atoms with Gasteiger partial charge in [0, 0.05) is 11.8 Å². The SMILES string of the molecule is C=C1[C@@H]2CC[C@H]3[C@]4(C)C[C@H](O[C@@H]5O[C@H](COC(=O)c6ccc7c(I)c(O)ccc7c6)[C@@H](OS(=O)(=O)O)[C@H](OS(=O)(=O)O)[C@H]5OC(=O)CC(C)C)C[C@@H](C(=O)O)[C@H]4CC[C@]3(C2)[C@@H]1O. The van der Waals surface area contributed by atoms with Crippen LogP contribution in [-0.2, 0) is 57.7 Å². The number of hydrogen-bond acceptors (Lipinski definition) is 15. The molecule has 62 heavy (non-hydrogen) atoms. The number of aliphatic carboxylic acids is 1. The van der Waals surface area contributed by atoms with E-state index in [1.54, 1.807) is 26.0 Å². The predicted octanol–water partition coefficient (Wildman–Crippen LogP) is 5.00. The molecule has 1 heterocycles. The average molecular weight is 1020 g/mol. The molecule has 2 aromatic carbocycles. The highest BCUT2D eigenvalue weighted by Crippen LogP contribution is 2.70. The van der Waals surface area contributed by atoms with Gasteiger partial charge in [-0.25, -0.2) is 13.2 Å². The quantitative estimate of drug-likeness (QED) is 0.0581. The van der Waals surface area contributed by atoms with Crippen molar-refractivity contribution in [2.75, 3.05) is 6.61 Å². The summed E-state index contributed by atoms with van der Waals surface area (Å²) < 4.78 is 104. The molecule has 7 rings (SSSR count). The highest BCUT2D eigenvalue weighted by atomic mass is 127. The summed E-state index contributed by atoms with van der Waals surface area (Å²) in [6.45, 7) is 8.63. The third-order valence-electron chi connectivity index (χ3n) is 13.9. The second-order valence-electron chi connectivity index (χ2n) is 18.0. The minimum atomic E-state index is -5.55. The summed E-state index contributed by atoms with van der Waals surface area (Å²) in [6.07, 6.45) is -9.02. The third kappa shape index (κ3) is 9.25. The molecule has 5 aliphatic rings. The van der Waals surface area contributed by atoms with E-state index >= 15 is 0 Å². The molecule has 13 atom stereocenters. The third-order valence-corrected chi connectivity index (χ3v) is 15.9. The summed E-state index contributed by atoms with van der Waals surface area (Å²) in [5, 5.41) is 33.6. The molecule has 2 bridgehead atoms. The maximum atomic E-state index is 13.5. The maximum absolute atomic E-state index is 13.5. The molecular formula is C41H51IO18S2. The molecule has 1 aliphatic heterocycles. The van der Waals surface area contributed by atoms with Crippen molar-refractivity contribution in [3.8, 4) is 5.75 Å². The Morgan fingerprint density at radius 1 is 0.984 bits per heavy atom. The molecule has 5 N–H and O–H groups in total. The fraction of sp³-hybridized carbons (Fsp3) is 0.634. The van der Waals surface area contributed by atoms with Crippen molar-refractivity contribution in [2.24, 2.45) is 40.4 Å². The van der Waals surface area contributed by atoms with Crippen LogP contribution in [0.15, 0.2) is 42.5 Å². The van der Waals surface area contributed by atoms with Crippen LogP contribution in [0.2, 0.25) is 0 Å². The van der Waals surface area contributed by atoms with Gasteiger partial charge in [0.2, 0.25) is 0 Å². The lowest BCUT2D eigenvalue weighted by atomic mass is 9.43. The van der Waals surface area contributed by atoms with E-state index in [2.05, 4.69) is 6.58 Å². The lowest BCUT2D eigenvalue weighted by Crippen LogP contribution is -2.64. The zero-order chi connectivity index (χ0) is 45.3. The molecule has 2 aromatic rings. The zero-order valence-electron chi connectivity index (χ0n) is 34.1. The molecule has 0 radical (unpaired) electrons. The Labute approximate surface area is 372 Å². The maximum Gasteiger partial charge on any atom is 0.397 e. The molecule has 0 unspecified atom stereocenters. The largest absolute Gasteiger partial charge is 0.507 e. The second-order valence-corrected chi connectivity index (χ2v) is 21.2. The number of esters is 2. The van der Waals surface area contributed by atoms with Crippen LogP contribution in [0.25, 0.3) is 10.8 Å². The van der Waals surface area contributed by atoms with Gasteiger partial charge in [-0.1, -0.05) is 39.5 Å². The molecule has 1 saturated heterocycles. The van der Waals surface area contributed by atoms with Crippen molar-refractivity contribution in [1.29, 1.82) is 0 Å². The van der Waals surface area contributed by atoms with E-state index in [1.165, 1.54) is 18.2 Å². The molecule has 4 aliphatic carbocycles. The molecule has 1 spiro atoms. The van der Waals surface area contributed by atoms with Crippen LogP contribution in [0.5, 0.6) is 5.75 Å². The number of carboxylic acid groups (broad SMARTS) is 1. The highest BCUT2D eigenvalue weighted by Gasteiger charge is 2.67. The molecule has 4 saturated carbocycles. The van der Waals surface area contributed by atoms with Gasteiger partial charge in [-0.3, -0.25) is 18.7 Å². The summed E-state index contributed by atoms with van der Waals surface area (Å²) in [5.41, 5.74) is -0.475. The number of ether oxygens (including phenoxy) is 4. The van der Waals surface area contributed by atoms with Crippen LogP contribution in [0, 0.1) is 44.0 Å². The van der Waals surface area contributed by atoms with Gasteiger partial charge in [0.25, 0.3) is 0 Å². The number of carbonyl (C=O) groups is 3. The van der Waals surface area contributed by atoms with Gasteiger partial charge in [-0.15, -0.1) is 0 Å². The second kappa shape index (κ2) is 17.4. The topological polar surface area (TPSA) is 276 Å². The minimum absolute atomic E-state index is 0.000958. The van der Waals surface area contributed by atoms with Gasteiger partial charge in [0.15, 0.2) is 18.5 Å². The van der Waals surface area contributed by atoms with E-state index in [0.717, 1.165) is 18.4 Å². The fourth-order valence-electron chi connectivity index (χ4n) is 11.5. The smallest absolute Gasteiger partial charge is 0.397 e.